The van der Waals surface area contributed by atoms with Crippen molar-refractivity contribution in [1.82, 2.24) is 10.3 Å². The molecule has 0 aliphatic rings. The van der Waals surface area contributed by atoms with E-state index < -0.39 is 0 Å². The van der Waals surface area contributed by atoms with Crippen molar-refractivity contribution in [2.75, 3.05) is 5.73 Å². The van der Waals surface area contributed by atoms with Crippen molar-refractivity contribution in [2.24, 2.45) is 0 Å². The number of anilines is 1. The molecule has 0 unspecified atom stereocenters. The zero-order valence-electron chi connectivity index (χ0n) is 8.81. The predicted molar refractivity (Wildman–Crippen MR) is 71.8 cm³/mol. The Hall–Kier alpha value is -1.40. The first-order valence-electron chi connectivity index (χ1n) is 4.87. The fourth-order valence-corrected chi connectivity index (χ4v) is 2.29. The van der Waals surface area contributed by atoms with Crippen LogP contribution >= 0.6 is 27.3 Å². The second kappa shape index (κ2) is 5.29. The van der Waals surface area contributed by atoms with Crippen LogP contribution in [0, 0.1) is 0 Å². The summed E-state index contributed by atoms with van der Waals surface area (Å²) in [5, 5.41) is 4.69. The number of nitrogens with two attached hydrogens (primary N) is 1. The van der Waals surface area contributed by atoms with Gasteiger partial charge in [0.25, 0.3) is 5.91 Å². The minimum atomic E-state index is -0.169. The number of carbonyl (C=O) groups is 1. The van der Waals surface area contributed by atoms with Gasteiger partial charge in [0.05, 0.1) is 23.3 Å². The van der Waals surface area contributed by atoms with E-state index in [1.54, 1.807) is 23.7 Å². The highest BCUT2D eigenvalue weighted by molar-refractivity contribution is 9.10. The fourth-order valence-electron chi connectivity index (χ4n) is 1.31. The van der Waals surface area contributed by atoms with Crippen LogP contribution in [0.3, 0.4) is 0 Å². The number of halogens is 1. The lowest BCUT2D eigenvalue weighted by molar-refractivity contribution is 0.0950. The number of aromatic nitrogens is 1. The zero-order chi connectivity index (χ0) is 12.3. The maximum Gasteiger partial charge on any atom is 0.252 e. The quantitative estimate of drug-likeness (QED) is 0.855. The molecule has 0 saturated carbocycles. The Morgan fingerprint density at radius 1 is 1.53 bits per heavy atom. The number of amides is 1. The van der Waals surface area contributed by atoms with Gasteiger partial charge in [-0.2, -0.15) is 0 Å². The Kier molecular flexibility index (Phi) is 3.75. The molecule has 1 amide bonds. The Balaban J connectivity index is 2.07. The van der Waals surface area contributed by atoms with Crippen LogP contribution in [0.2, 0.25) is 0 Å². The Morgan fingerprint density at radius 3 is 3.06 bits per heavy atom. The summed E-state index contributed by atoms with van der Waals surface area (Å²) in [6, 6.07) is 5.13. The normalized spacial score (nSPS) is 10.2. The average molecular weight is 312 g/mol. The molecule has 2 rings (SSSR count). The van der Waals surface area contributed by atoms with Crippen LogP contribution in [0.4, 0.5) is 5.69 Å². The van der Waals surface area contributed by atoms with E-state index >= 15 is 0 Å². The smallest absolute Gasteiger partial charge is 0.252 e. The third kappa shape index (κ3) is 3.04. The molecule has 1 aromatic carbocycles. The van der Waals surface area contributed by atoms with Gasteiger partial charge in [0.2, 0.25) is 0 Å². The first kappa shape index (κ1) is 12.1. The summed E-state index contributed by atoms with van der Waals surface area (Å²) < 4.78 is 0.725. The summed E-state index contributed by atoms with van der Waals surface area (Å²) in [6.07, 6.45) is 0. The number of nitrogen functional groups attached to an aromatic ring is 1. The van der Waals surface area contributed by atoms with Crippen molar-refractivity contribution in [2.45, 2.75) is 6.54 Å². The number of hydrogen-bond acceptors (Lipinski definition) is 4. The summed E-state index contributed by atoms with van der Waals surface area (Å²) >= 11 is 4.82. The van der Waals surface area contributed by atoms with E-state index in [0.717, 1.165) is 10.2 Å². The lowest BCUT2D eigenvalue weighted by atomic mass is 10.2. The van der Waals surface area contributed by atoms with E-state index in [0.29, 0.717) is 17.8 Å². The molecule has 0 fully saturated rings. The lowest BCUT2D eigenvalue weighted by Crippen LogP contribution is -2.23. The van der Waals surface area contributed by atoms with Crippen LogP contribution in [-0.4, -0.2) is 10.9 Å². The molecule has 2 aromatic rings. The molecule has 0 aliphatic carbocycles. The highest BCUT2D eigenvalue weighted by atomic mass is 79.9. The van der Waals surface area contributed by atoms with Gasteiger partial charge in [-0.25, -0.2) is 4.98 Å². The minimum Gasteiger partial charge on any atom is -0.399 e. The van der Waals surface area contributed by atoms with Crippen molar-refractivity contribution >= 4 is 38.9 Å². The third-order valence-corrected chi connectivity index (χ3v) is 3.48. The summed E-state index contributed by atoms with van der Waals surface area (Å²) in [6.45, 7) is 0.420. The van der Waals surface area contributed by atoms with E-state index in [-0.39, 0.29) is 5.91 Å². The van der Waals surface area contributed by atoms with Gasteiger partial charge in [-0.05, 0) is 34.1 Å². The van der Waals surface area contributed by atoms with Gasteiger partial charge in [-0.15, -0.1) is 11.3 Å². The molecule has 0 radical (unpaired) electrons. The zero-order valence-corrected chi connectivity index (χ0v) is 11.2. The van der Waals surface area contributed by atoms with Crippen molar-refractivity contribution in [3.05, 3.63) is 44.8 Å². The topological polar surface area (TPSA) is 68.0 Å². The largest absolute Gasteiger partial charge is 0.399 e. The second-order valence-electron chi connectivity index (χ2n) is 3.40. The van der Waals surface area contributed by atoms with Gasteiger partial charge in [0.1, 0.15) is 0 Å². The molecule has 0 aliphatic heterocycles. The Bertz CT molecular complexity index is 528. The van der Waals surface area contributed by atoms with Crippen molar-refractivity contribution in [1.29, 1.82) is 0 Å². The predicted octanol–water partition coefficient (Wildman–Crippen LogP) is 2.42. The van der Waals surface area contributed by atoms with Gasteiger partial charge in [0.15, 0.2) is 0 Å². The van der Waals surface area contributed by atoms with Crippen LogP contribution in [-0.2, 0) is 6.54 Å². The fraction of sp³-hybridized carbons (Fsp3) is 0.0909. The van der Waals surface area contributed by atoms with Crippen LogP contribution < -0.4 is 11.1 Å². The van der Waals surface area contributed by atoms with Gasteiger partial charge in [-0.1, -0.05) is 0 Å². The molecule has 88 valence electrons. The van der Waals surface area contributed by atoms with Gasteiger partial charge >= 0.3 is 0 Å². The van der Waals surface area contributed by atoms with Crippen molar-refractivity contribution in [3.63, 3.8) is 0 Å². The van der Waals surface area contributed by atoms with E-state index in [2.05, 4.69) is 26.2 Å². The van der Waals surface area contributed by atoms with Gasteiger partial charge < -0.3 is 11.1 Å². The molecular weight excluding hydrogens is 302 g/mol. The minimum absolute atomic E-state index is 0.169. The summed E-state index contributed by atoms with van der Waals surface area (Å²) in [7, 11) is 0. The number of carbonyl (C=O) groups excluding carboxylic acids is 1. The maximum atomic E-state index is 11.9. The molecule has 6 heteroatoms. The molecule has 0 atom stereocenters. The molecular formula is C11H10BrN3OS. The first-order chi connectivity index (χ1) is 8.16. The highest BCUT2D eigenvalue weighted by Gasteiger charge is 2.10. The molecule has 1 aromatic heterocycles. The number of benzene rings is 1. The monoisotopic (exact) mass is 311 g/mol. The molecule has 3 N–H and O–H groups in total. The van der Waals surface area contributed by atoms with Crippen LogP contribution in [0.25, 0.3) is 0 Å². The first-order valence-corrected chi connectivity index (χ1v) is 6.60. The standard InChI is InChI=1S/C11H10BrN3OS/c12-10-2-1-7(13)3-9(10)11(16)14-4-8-5-17-6-15-8/h1-3,5-6H,4,13H2,(H,14,16). The number of nitrogens with zero attached hydrogens (tertiary/aromatic N) is 1. The van der Waals surface area contributed by atoms with Crippen LogP contribution in [0.5, 0.6) is 0 Å². The van der Waals surface area contributed by atoms with Crippen molar-refractivity contribution in [3.8, 4) is 0 Å². The lowest BCUT2D eigenvalue weighted by Gasteiger charge is -2.06. The number of nitrogens with one attached hydrogen (secondary N) is 1. The summed E-state index contributed by atoms with van der Waals surface area (Å²) in [5.41, 5.74) is 9.32. The van der Waals surface area contributed by atoms with Crippen LogP contribution in [0.15, 0.2) is 33.6 Å². The van der Waals surface area contributed by atoms with E-state index in [4.69, 9.17) is 5.73 Å². The number of thiazole rings is 1. The molecule has 0 bridgehead atoms. The molecule has 0 saturated heterocycles. The van der Waals surface area contributed by atoms with E-state index in [9.17, 15) is 4.79 Å². The molecule has 0 spiro atoms. The molecule has 4 nitrogen and oxygen atoms in total. The molecule has 1 heterocycles. The SMILES string of the molecule is Nc1ccc(Br)c(C(=O)NCc2cscn2)c1. The van der Waals surface area contributed by atoms with Crippen LogP contribution in [0.1, 0.15) is 16.1 Å². The maximum absolute atomic E-state index is 11.9. The van der Waals surface area contributed by atoms with E-state index in [1.165, 1.54) is 11.3 Å². The Labute approximate surface area is 111 Å². The Morgan fingerprint density at radius 2 is 2.35 bits per heavy atom. The number of hydrogen-bond donors (Lipinski definition) is 2. The summed E-state index contributed by atoms with van der Waals surface area (Å²) in [4.78, 5) is 16.0. The van der Waals surface area contributed by atoms with Gasteiger partial charge in [-0.3, -0.25) is 4.79 Å². The van der Waals surface area contributed by atoms with E-state index in [1.807, 2.05) is 5.38 Å². The second-order valence-corrected chi connectivity index (χ2v) is 4.97. The third-order valence-electron chi connectivity index (χ3n) is 2.15. The van der Waals surface area contributed by atoms with Gasteiger partial charge in [0, 0.05) is 15.5 Å². The molecule has 17 heavy (non-hydrogen) atoms. The summed E-state index contributed by atoms with van der Waals surface area (Å²) in [5.74, 6) is -0.169. The number of rotatable bonds is 3. The van der Waals surface area contributed by atoms with Crippen molar-refractivity contribution < 1.29 is 4.79 Å². The average Bonchev–Trinajstić information content (AvgIpc) is 2.82. The highest BCUT2D eigenvalue weighted by Crippen LogP contribution is 2.19.